The predicted molar refractivity (Wildman–Crippen MR) is 76.6 cm³/mol. The van der Waals surface area contributed by atoms with Crippen molar-refractivity contribution in [3.05, 3.63) is 46.3 Å². The fraction of sp³-hybridized carbons (Fsp3) is 0.154. The molecule has 0 saturated carbocycles. The van der Waals surface area contributed by atoms with Gasteiger partial charge in [-0.25, -0.2) is 4.68 Å². The van der Waals surface area contributed by atoms with E-state index in [0.29, 0.717) is 5.56 Å². The van der Waals surface area contributed by atoms with Crippen molar-refractivity contribution >= 4 is 18.9 Å². The summed E-state index contributed by atoms with van der Waals surface area (Å²) in [5.74, 6) is 2.50. The third-order valence-corrected chi connectivity index (χ3v) is 3.97. The summed E-state index contributed by atoms with van der Waals surface area (Å²) in [6, 6.07) is 5.00. The van der Waals surface area contributed by atoms with E-state index in [2.05, 4.69) is 11.0 Å². The molecule has 2 rings (SSSR count). The van der Waals surface area contributed by atoms with Gasteiger partial charge in [0, 0.05) is 12.3 Å². The lowest BCUT2D eigenvalue weighted by atomic mass is 10.3. The first kappa shape index (κ1) is 13.3. The average molecular weight is 273 g/mol. The standard InChI is InChI=1S/C13H12N3O2P/c1-4-10-8-14-15(9-10)11-5-6-12(16(17)18)13(7-11)19(2)3/h1,5-9H,2-3H3. The Bertz CT molecular complexity index is 671. The van der Waals surface area contributed by atoms with Crippen LogP contribution in [0, 0.1) is 22.5 Å². The number of terminal acetylenes is 1. The van der Waals surface area contributed by atoms with Gasteiger partial charge in [0.1, 0.15) is 0 Å². The molecule has 19 heavy (non-hydrogen) atoms. The minimum atomic E-state index is -0.575. The molecule has 1 heterocycles. The number of benzene rings is 1. The minimum Gasteiger partial charge on any atom is -0.258 e. The van der Waals surface area contributed by atoms with Crippen LogP contribution in [0.4, 0.5) is 5.69 Å². The maximum Gasteiger partial charge on any atom is 0.277 e. The number of nitrogens with zero attached hydrogens (tertiary/aromatic N) is 3. The Morgan fingerprint density at radius 3 is 2.74 bits per heavy atom. The molecule has 0 fully saturated rings. The normalized spacial score (nSPS) is 10.4. The van der Waals surface area contributed by atoms with Crippen LogP contribution in [-0.2, 0) is 0 Å². The van der Waals surface area contributed by atoms with Crippen molar-refractivity contribution in [3.8, 4) is 18.0 Å². The molecule has 0 aliphatic carbocycles. The van der Waals surface area contributed by atoms with Crippen LogP contribution < -0.4 is 5.30 Å². The smallest absolute Gasteiger partial charge is 0.258 e. The van der Waals surface area contributed by atoms with Crippen molar-refractivity contribution in [1.29, 1.82) is 0 Å². The Labute approximate surface area is 112 Å². The number of aromatic nitrogens is 2. The van der Waals surface area contributed by atoms with E-state index in [-0.39, 0.29) is 10.6 Å². The Kier molecular flexibility index (Phi) is 3.64. The Hall–Kier alpha value is -2.18. The molecule has 2 aromatic rings. The van der Waals surface area contributed by atoms with Gasteiger partial charge >= 0.3 is 0 Å². The molecule has 6 heteroatoms. The number of nitro benzene ring substituents is 1. The lowest BCUT2D eigenvalue weighted by Gasteiger charge is -2.09. The molecule has 96 valence electrons. The summed E-state index contributed by atoms with van der Waals surface area (Å²) >= 11 is 0. The molecule has 0 N–H and O–H groups in total. The summed E-state index contributed by atoms with van der Waals surface area (Å²) in [6.45, 7) is 3.97. The predicted octanol–water partition coefficient (Wildman–Crippen LogP) is 2.13. The van der Waals surface area contributed by atoms with Crippen molar-refractivity contribution in [3.63, 3.8) is 0 Å². The average Bonchev–Trinajstić information content (AvgIpc) is 2.86. The highest BCUT2D eigenvalue weighted by atomic mass is 31.1. The molecule has 0 aliphatic rings. The van der Waals surface area contributed by atoms with E-state index in [1.54, 1.807) is 29.2 Å². The van der Waals surface area contributed by atoms with Crippen LogP contribution in [0.15, 0.2) is 30.6 Å². The van der Waals surface area contributed by atoms with Gasteiger partial charge in [-0.05, 0) is 25.5 Å². The third-order valence-electron chi connectivity index (χ3n) is 2.65. The molecule has 5 nitrogen and oxygen atoms in total. The molecular weight excluding hydrogens is 261 g/mol. The second-order valence-corrected chi connectivity index (χ2v) is 6.41. The second kappa shape index (κ2) is 5.21. The molecular formula is C13H12N3O2P. The van der Waals surface area contributed by atoms with Gasteiger partial charge < -0.3 is 0 Å². The van der Waals surface area contributed by atoms with E-state index in [1.165, 1.54) is 6.07 Å². The van der Waals surface area contributed by atoms with Crippen molar-refractivity contribution in [1.82, 2.24) is 9.78 Å². The van der Waals surface area contributed by atoms with E-state index >= 15 is 0 Å². The topological polar surface area (TPSA) is 61.0 Å². The first-order valence-corrected chi connectivity index (χ1v) is 7.74. The van der Waals surface area contributed by atoms with Crippen molar-refractivity contribution < 1.29 is 4.92 Å². The maximum atomic E-state index is 11.0. The van der Waals surface area contributed by atoms with Gasteiger partial charge in [-0.1, -0.05) is 13.8 Å². The van der Waals surface area contributed by atoms with E-state index in [1.807, 2.05) is 13.3 Å². The van der Waals surface area contributed by atoms with Gasteiger partial charge in [0.15, 0.2) is 0 Å². The summed E-state index contributed by atoms with van der Waals surface area (Å²) in [5.41, 5.74) is 1.61. The van der Waals surface area contributed by atoms with Gasteiger partial charge in [-0.2, -0.15) is 5.10 Å². The molecule has 0 bridgehead atoms. The summed E-state index contributed by atoms with van der Waals surface area (Å²) < 4.78 is 1.63. The number of hydrogen-bond acceptors (Lipinski definition) is 3. The van der Waals surface area contributed by atoms with Gasteiger partial charge in [0.25, 0.3) is 5.69 Å². The SMILES string of the molecule is C#Cc1cnn(-c2ccc([N+](=O)[O-])c(P(C)C)c2)c1. The summed E-state index contributed by atoms with van der Waals surface area (Å²) in [5, 5.41) is 15.9. The first-order chi connectivity index (χ1) is 9.02. The molecule has 0 aliphatic heterocycles. The van der Waals surface area contributed by atoms with Crippen LogP contribution in [-0.4, -0.2) is 28.0 Å². The Balaban J connectivity index is 2.52. The minimum absolute atomic E-state index is 0.157. The molecule has 0 radical (unpaired) electrons. The van der Waals surface area contributed by atoms with Crippen LogP contribution in [0.5, 0.6) is 0 Å². The molecule has 0 unspecified atom stereocenters. The zero-order valence-corrected chi connectivity index (χ0v) is 11.5. The summed E-state index contributed by atoms with van der Waals surface area (Å²) in [4.78, 5) is 10.6. The fourth-order valence-corrected chi connectivity index (χ4v) is 2.71. The molecule has 0 saturated heterocycles. The summed E-state index contributed by atoms with van der Waals surface area (Å²) in [6.07, 6.45) is 8.60. The highest BCUT2D eigenvalue weighted by Gasteiger charge is 2.17. The van der Waals surface area contributed by atoms with E-state index in [9.17, 15) is 10.1 Å². The van der Waals surface area contributed by atoms with E-state index in [4.69, 9.17) is 6.42 Å². The van der Waals surface area contributed by atoms with Crippen LogP contribution in [0.1, 0.15) is 5.56 Å². The van der Waals surface area contributed by atoms with E-state index in [0.717, 1.165) is 11.0 Å². The van der Waals surface area contributed by atoms with Crippen LogP contribution >= 0.6 is 7.92 Å². The number of rotatable bonds is 3. The first-order valence-electron chi connectivity index (χ1n) is 5.50. The highest BCUT2D eigenvalue weighted by molar-refractivity contribution is 7.64. The van der Waals surface area contributed by atoms with Gasteiger partial charge in [0.05, 0.1) is 27.7 Å². The molecule has 1 aromatic heterocycles. The highest BCUT2D eigenvalue weighted by Crippen LogP contribution is 2.30. The third kappa shape index (κ3) is 2.64. The van der Waals surface area contributed by atoms with Crippen LogP contribution in [0.2, 0.25) is 0 Å². The summed E-state index contributed by atoms with van der Waals surface area (Å²) in [7, 11) is -0.575. The Morgan fingerprint density at radius 2 is 2.21 bits per heavy atom. The van der Waals surface area contributed by atoms with Crippen molar-refractivity contribution in [2.24, 2.45) is 0 Å². The van der Waals surface area contributed by atoms with Crippen LogP contribution in [0.3, 0.4) is 0 Å². The molecule has 0 atom stereocenters. The lowest BCUT2D eigenvalue weighted by molar-refractivity contribution is -0.383. The zero-order valence-electron chi connectivity index (χ0n) is 10.6. The second-order valence-electron chi connectivity index (χ2n) is 4.14. The fourth-order valence-electron chi connectivity index (χ4n) is 1.71. The van der Waals surface area contributed by atoms with Gasteiger partial charge in [-0.15, -0.1) is 6.42 Å². The maximum absolute atomic E-state index is 11.0. The van der Waals surface area contributed by atoms with E-state index < -0.39 is 7.92 Å². The van der Waals surface area contributed by atoms with Crippen LogP contribution in [0.25, 0.3) is 5.69 Å². The zero-order chi connectivity index (χ0) is 14.0. The molecule has 1 aromatic carbocycles. The Morgan fingerprint density at radius 1 is 1.47 bits per heavy atom. The monoisotopic (exact) mass is 273 g/mol. The van der Waals surface area contributed by atoms with Gasteiger partial charge in [0.2, 0.25) is 0 Å². The quantitative estimate of drug-likeness (QED) is 0.372. The number of hydrogen-bond donors (Lipinski definition) is 0. The number of nitro groups is 1. The largest absolute Gasteiger partial charge is 0.277 e. The molecule has 0 amide bonds. The lowest BCUT2D eigenvalue weighted by Crippen LogP contribution is -2.09. The van der Waals surface area contributed by atoms with Gasteiger partial charge in [-0.3, -0.25) is 10.1 Å². The molecule has 0 spiro atoms. The van der Waals surface area contributed by atoms with Crippen molar-refractivity contribution in [2.75, 3.05) is 13.3 Å². The van der Waals surface area contributed by atoms with Crippen molar-refractivity contribution in [2.45, 2.75) is 0 Å².